The third-order valence-electron chi connectivity index (χ3n) is 3.23. The molecule has 0 saturated carbocycles. The van der Waals surface area contributed by atoms with Gasteiger partial charge in [0.25, 0.3) is 5.91 Å². The molecule has 1 amide bonds. The summed E-state index contributed by atoms with van der Waals surface area (Å²) in [5.74, 6) is -0.451. The van der Waals surface area contributed by atoms with Crippen LogP contribution < -0.4 is 10.6 Å². The quantitative estimate of drug-likeness (QED) is 0.614. The second-order valence-corrected chi connectivity index (χ2v) is 6.01. The van der Waals surface area contributed by atoms with Gasteiger partial charge in [-0.1, -0.05) is 28.1 Å². The minimum absolute atomic E-state index is 0.00817. The van der Waals surface area contributed by atoms with Gasteiger partial charge in [0, 0.05) is 22.0 Å². The van der Waals surface area contributed by atoms with Crippen molar-refractivity contribution in [3.63, 3.8) is 0 Å². The van der Waals surface area contributed by atoms with Crippen LogP contribution in [0.2, 0.25) is 0 Å². The van der Waals surface area contributed by atoms with Crippen molar-refractivity contribution in [1.29, 1.82) is 5.26 Å². The molecule has 0 aromatic heterocycles. The SMILES string of the molecule is Cc1ccc(C)c(N/C=C(/C#N)C(=O)Nc2ccc(Br)cc2)c1. The summed E-state index contributed by atoms with van der Waals surface area (Å²) in [7, 11) is 0. The molecule has 0 atom stereocenters. The lowest BCUT2D eigenvalue weighted by Crippen LogP contribution is -2.14. The molecular weight excluding hydrogens is 354 g/mol. The molecule has 5 heteroatoms. The lowest BCUT2D eigenvalue weighted by molar-refractivity contribution is -0.112. The van der Waals surface area contributed by atoms with Crippen LogP contribution in [0.1, 0.15) is 11.1 Å². The summed E-state index contributed by atoms with van der Waals surface area (Å²) in [5, 5.41) is 14.9. The maximum atomic E-state index is 12.1. The third-order valence-corrected chi connectivity index (χ3v) is 3.76. The highest BCUT2D eigenvalue weighted by Gasteiger charge is 2.09. The minimum atomic E-state index is -0.451. The summed E-state index contributed by atoms with van der Waals surface area (Å²) >= 11 is 3.33. The van der Waals surface area contributed by atoms with Gasteiger partial charge in [-0.25, -0.2) is 0 Å². The van der Waals surface area contributed by atoms with Gasteiger partial charge < -0.3 is 10.6 Å². The van der Waals surface area contributed by atoms with E-state index in [1.54, 1.807) is 12.1 Å². The van der Waals surface area contributed by atoms with Crippen molar-refractivity contribution >= 4 is 33.2 Å². The van der Waals surface area contributed by atoms with Gasteiger partial charge in [0.05, 0.1) is 0 Å². The van der Waals surface area contributed by atoms with Gasteiger partial charge in [-0.15, -0.1) is 0 Å². The predicted octanol–water partition coefficient (Wildman–Crippen LogP) is 4.52. The summed E-state index contributed by atoms with van der Waals surface area (Å²) in [6.45, 7) is 3.95. The van der Waals surface area contributed by atoms with Gasteiger partial charge in [-0.05, 0) is 55.3 Å². The first-order valence-corrected chi connectivity index (χ1v) is 7.80. The second kappa shape index (κ2) is 7.61. The van der Waals surface area contributed by atoms with Crippen LogP contribution >= 0.6 is 15.9 Å². The van der Waals surface area contributed by atoms with Crippen molar-refractivity contribution in [3.8, 4) is 6.07 Å². The molecule has 2 aromatic carbocycles. The van der Waals surface area contributed by atoms with E-state index in [-0.39, 0.29) is 5.57 Å². The molecule has 23 heavy (non-hydrogen) atoms. The smallest absolute Gasteiger partial charge is 0.267 e. The molecule has 0 aliphatic carbocycles. The summed E-state index contributed by atoms with van der Waals surface area (Å²) in [6.07, 6.45) is 1.43. The van der Waals surface area contributed by atoms with Crippen molar-refractivity contribution in [1.82, 2.24) is 0 Å². The molecule has 0 saturated heterocycles. The van der Waals surface area contributed by atoms with Crippen LogP contribution in [-0.2, 0) is 4.79 Å². The van der Waals surface area contributed by atoms with Gasteiger partial charge in [0.15, 0.2) is 0 Å². The standard InChI is InChI=1S/C18H16BrN3O/c1-12-3-4-13(2)17(9-12)21-11-14(10-20)18(23)22-16-7-5-15(19)6-8-16/h3-9,11,21H,1-2H3,(H,22,23)/b14-11-. The number of aryl methyl sites for hydroxylation is 2. The first-order valence-electron chi connectivity index (χ1n) is 7.00. The van der Waals surface area contributed by atoms with E-state index < -0.39 is 5.91 Å². The molecule has 0 unspecified atom stereocenters. The van der Waals surface area contributed by atoms with Crippen molar-refractivity contribution in [2.45, 2.75) is 13.8 Å². The molecule has 116 valence electrons. The van der Waals surface area contributed by atoms with E-state index in [4.69, 9.17) is 0 Å². The number of anilines is 2. The fourth-order valence-electron chi connectivity index (χ4n) is 1.92. The molecular formula is C18H16BrN3O. The average molecular weight is 370 g/mol. The largest absolute Gasteiger partial charge is 0.360 e. The number of hydrogen-bond donors (Lipinski definition) is 2. The Balaban J connectivity index is 2.12. The summed E-state index contributed by atoms with van der Waals surface area (Å²) in [5.41, 5.74) is 3.65. The van der Waals surface area contributed by atoms with Gasteiger partial charge in [-0.2, -0.15) is 5.26 Å². The Morgan fingerprint density at radius 3 is 2.52 bits per heavy atom. The number of hydrogen-bond acceptors (Lipinski definition) is 3. The zero-order chi connectivity index (χ0) is 16.8. The van der Waals surface area contributed by atoms with Crippen LogP contribution in [-0.4, -0.2) is 5.91 Å². The van der Waals surface area contributed by atoms with E-state index in [2.05, 4.69) is 26.6 Å². The van der Waals surface area contributed by atoms with Crippen LogP contribution in [0.25, 0.3) is 0 Å². The van der Waals surface area contributed by atoms with E-state index >= 15 is 0 Å². The molecule has 0 radical (unpaired) electrons. The second-order valence-electron chi connectivity index (χ2n) is 5.09. The van der Waals surface area contributed by atoms with Gasteiger partial charge >= 0.3 is 0 Å². The number of halogens is 1. The third kappa shape index (κ3) is 4.70. The fraction of sp³-hybridized carbons (Fsp3) is 0.111. The number of carbonyl (C=O) groups excluding carboxylic acids is 1. The first kappa shape index (κ1) is 16.8. The maximum Gasteiger partial charge on any atom is 0.267 e. The minimum Gasteiger partial charge on any atom is -0.360 e. The lowest BCUT2D eigenvalue weighted by atomic mass is 10.1. The van der Waals surface area contributed by atoms with Gasteiger partial charge in [0.1, 0.15) is 11.6 Å². The van der Waals surface area contributed by atoms with E-state index in [1.807, 2.05) is 50.2 Å². The Bertz CT molecular complexity index is 789. The molecule has 2 rings (SSSR count). The number of nitrogens with one attached hydrogen (secondary N) is 2. The molecule has 2 aromatic rings. The number of carbonyl (C=O) groups is 1. The molecule has 4 nitrogen and oxygen atoms in total. The molecule has 0 spiro atoms. The van der Waals surface area contributed by atoms with Gasteiger partial charge in [-0.3, -0.25) is 4.79 Å². The van der Waals surface area contributed by atoms with Crippen molar-refractivity contribution < 1.29 is 4.79 Å². The Labute approximate surface area is 144 Å². The zero-order valence-electron chi connectivity index (χ0n) is 12.9. The fourth-order valence-corrected chi connectivity index (χ4v) is 2.19. The summed E-state index contributed by atoms with van der Waals surface area (Å²) in [6, 6.07) is 15.0. The lowest BCUT2D eigenvalue weighted by Gasteiger charge is -2.08. The Morgan fingerprint density at radius 2 is 1.87 bits per heavy atom. The van der Waals surface area contributed by atoms with Crippen LogP contribution in [0.4, 0.5) is 11.4 Å². The summed E-state index contributed by atoms with van der Waals surface area (Å²) < 4.78 is 0.920. The number of rotatable bonds is 4. The van der Waals surface area contributed by atoms with Crippen LogP contribution in [0.5, 0.6) is 0 Å². The summed E-state index contributed by atoms with van der Waals surface area (Å²) in [4.78, 5) is 12.1. The highest BCUT2D eigenvalue weighted by molar-refractivity contribution is 9.10. The van der Waals surface area contributed by atoms with Gasteiger partial charge in [0.2, 0.25) is 0 Å². The Kier molecular flexibility index (Phi) is 5.56. The van der Waals surface area contributed by atoms with E-state index in [1.165, 1.54) is 6.20 Å². The zero-order valence-corrected chi connectivity index (χ0v) is 14.4. The molecule has 0 aliphatic rings. The van der Waals surface area contributed by atoms with Crippen molar-refractivity contribution in [3.05, 3.63) is 69.8 Å². The van der Waals surface area contributed by atoms with Crippen molar-refractivity contribution in [2.75, 3.05) is 10.6 Å². The van der Waals surface area contributed by atoms with E-state index in [0.29, 0.717) is 5.69 Å². The number of benzene rings is 2. The Hall–Kier alpha value is -2.58. The molecule has 0 aliphatic heterocycles. The van der Waals surface area contributed by atoms with Crippen LogP contribution in [0.3, 0.4) is 0 Å². The highest BCUT2D eigenvalue weighted by atomic mass is 79.9. The van der Waals surface area contributed by atoms with Crippen molar-refractivity contribution in [2.24, 2.45) is 0 Å². The highest BCUT2D eigenvalue weighted by Crippen LogP contribution is 2.17. The monoisotopic (exact) mass is 369 g/mol. The number of amides is 1. The maximum absolute atomic E-state index is 12.1. The number of nitriles is 1. The van der Waals surface area contributed by atoms with Crippen LogP contribution in [0, 0.1) is 25.2 Å². The molecule has 0 fully saturated rings. The topological polar surface area (TPSA) is 64.9 Å². The molecule has 2 N–H and O–H groups in total. The first-order chi connectivity index (χ1) is 11.0. The average Bonchev–Trinajstić information content (AvgIpc) is 2.53. The normalized spacial score (nSPS) is 10.8. The van der Waals surface area contributed by atoms with E-state index in [0.717, 1.165) is 21.3 Å². The van der Waals surface area contributed by atoms with Crippen LogP contribution in [0.15, 0.2) is 58.7 Å². The predicted molar refractivity (Wildman–Crippen MR) is 96.0 cm³/mol. The van der Waals surface area contributed by atoms with E-state index in [9.17, 15) is 10.1 Å². The Morgan fingerprint density at radius 1 is 1.17 bits per heavy atom. The number of nitrogens with zero attached hydrogens (tertiary/aromatic N) is 1. The molecule has 0 heterocycles. The molecule has 0 bridgehead atoms.